The maximum Gasteiger partial charge on any atom is 0.471 e. The van der Waals surface area contributed by atoms with Crippen LogP contribution in [-0.4, -0.2) is 25.3 Å². The van der Waals surface area contributed by atoms with Gasteiger partial charge in [0.05, 0.1) is 11.4 Å². The highest BCUT2D eigenvalue weighted by Crippen LogP contribution is 2.30. The fraction of sp³-hybridized carbons (Fsp3) is 0.214. The number of hydrogen-bond acceptors (Lipinski definition) is 6. The topological polar surface area (TPSA) is 77.6 Å². The Morgan fingerprint density at radius 3 is 2.48 bits per heavy atom. The molecule has 0 fully saturated rings. The summed E-state index contributed by atoms with van der Waals surface area (Å²) in [6.07, 6.45) is -3.24. The second kappa shape index (κ2) is 5.41. The number of halogens is 3. The van der Waals surface area contributed by atoms with Gasteiger partial charge in [-0.3, -0.25) is 4.98 Å². The monoisotopic (exact) mass is 321 g/mol. The van der Waals surface area contributed by atoms with Gasteiger partial charge in [-0.05, 0) is 37.6 Å². The quantitative estimate of drug-likeness (QED) is 0.721. The van der Waals surface area contributed by atoms with Crippen LogP contribution in [-0.2, 0) is 6.18 Å². The normalized spacial score (nSPS) is 11.7. The molecule has 0 unspecified atom stereocenters. The number of nitrogens with zero attached hydrogens (tertiary/aromatic N) is 5. The molecule has 3 heterocycles. The maximum absolute atomic E-state index is 12.5. The van der Waals surface area contributed by atoms with Crippen molar-refractivity contribution in [2.24, 2.45) is 0 Å². The molecule has 0 atom stereocenters. The molecule has 3 aromatic rings. The summed E-state index contributed by atoms with van der Waals surface area (Å²) < 4.78 is 41.8. The van der Waals surface area contributed by atoms with Crippen molar-refractivity contribution in [2.45, 2.75) is 20.0 Å². The van der Waals surface area contributed by atoms with Gasteiger partial charge in [0, 0.05) is 11.8 Å². The molecule has 0 spiro atoms. The van der Waals surface area contributed by atoms with Gasteiger partial charge in [0.15, 0.2) is 0 Å². The number of aryl methyl sites for hydroxylation is 2. The second-order valence-corrected chi connectivity index (χ2v) is 4.85. The van der Waals surface area contributed by atoms with Crippen LogP contribution in [0.5, 0.6) is 0 Å². The lowest BCUT2D eigenvalue weighted by Crippen LogP contribution is -2.04. The van der Waals surface area contributed by atoms with E-state index < -0.39 is 12.1 Å². The Bertz CT molecular complexity index is 860. The highest BCUT2D eigenvalue weighted by Gasteiger charge is 2.38. The van der Waals surface area contributed by atoms with Crippen LogP contribution in [0.2, 0.25) is 0 Å². The minimum absolute atomic E-state index is 0.169. The van der Waals surface area contributed by atoms with Gasteiger partial charge >= 0.3 is 12.1 Å². The Hall–Kier alpha value is -2.84. The van der Waals surface area contributed by atoms with Crippen LogP contribution in [0.3, 0.4) is 0 Å². The predicted molar refractivity (Wildman–Crippen MR) is 73.0 cm³/mol. The summed E-state index contributed by atoms with van der Waals surface area (Å²) in [4.78, 5) is 7.50. The molecule has 0 aromatic carbocycles. The fourth-order valence-corrected chi connectivity index (χ4v) is 1.84. The lowest BCUT2D eigenvalue weighted by Gasteiger charge is -2.03. The summed E-state index contributed by atoms with van der Waals surface area (Å²) >= 11 is 0. The molecule has 0 radical (unpaired) electrons. The average Bonchev–Trinajstić information content (AvgIpc) is 3.00. The van der Waals surface area contributed by atoms with Crippen LogP contribution < -0.4 is 0 Å². The highest BCUT2D eigenvalue weighted by molar-refractivity contribution is 5.64. The third-order valence-corrected chi connectivity index (χ3v) is 3.18. The number of aromatic nitrogens is 5. The lowest BCUT2D eigenvalue weighted by atomic mass is 10.1. The third-order valence-electron chi connectivity index (χ3n) is 3.18. The Morgan fingerprint density at radius 1 is 1.04 bits per heavy atom. The molecular formula is C14H10F3N5O. The zero-order chi connectivity index (χ0) is 16.6. The van der Waals surface area contributed by atoms with Crippen LogP contribution >= 0.6 is 0 Å². The molecule has 9 heteroatoms. The molecule has 0 amide bonds. The standard InChI is InChI=1S/C14H10F3N5O/c1-7-5-11(21-20-8(7)2)10-6-9(3-4-18-10)12-19-13(23-22-12)14(15,16)17/h3-6H,1-2H3. The van der Waals surface area contributed by atoms with E-state index in [0.29, 0.717) is 17.0 Å². The molecule has 0 N–H and O–H groups in total. The Balaban J connectivity index is 1.99. The zero-order valence-electron chi connectivity index (χ0n) is 12.1. The molecule has 23 heavy (non-hydrogen) atoms. The van der Waals surface area contributed by atoms with E-state index in [1.807, 2.05) is 13.8 Å². The number of hydrogen-bond donors (Lipinski definition) is 0. The van der Waals surface area contributed by atoms with Crippen molar-refractivity contribution in [2.75, 3.05) is 0 Å². The molecule has 6 nitrogen and oxygen atoms in total. The van der Waals surface area contributed by atoms with E-state index in [-0.39, 0.29) is 5.82 Å². The molecule has 3 rings (SSSR count). The Morgan fingerprint density at radius 2 is 1.83 bits per heavy atom. The van der Waals surface area contributed by atoms with E-state index in [4.69, 9.17) is 0 Å². The van der Waals surface area contributed by atoms with Crippen molar-refractivity contribution in [1.29, 1.82) is 0 Å². The van der Waals surface area contributed by atoms with Crippen LogP contribution in [0.25, 0.3) is 22.8 Å². The number of pyridine rings is 1. The van der Waals surface area contributed by atoms with Crippen molar-refractivity contribution >= 4 is 0 Å². The van der Waals surface area contributed by atoms with E-state index in [1.54, 1.807) is 6.07 Å². The van der Waals surface area contributed by atoms with Crippen molar-refractivity contribution in [1.82, 2.24) is 25.3 Å². The highest BCUT2D eigenvalue weighted by atomic mass is 19.4. The second-order valence-electron chi connectivity index (χ2n) is 4.85. The van der Waals surface area contributed by atoms with Gasteiger partial charge in [0.2, 0.25) is 5.82 Å². The first-order chi connectivity index (χ1) is 10.8. The van der Waals surface area contributed by atoms with E-state index in [9.17, 15) is 13.2 Å². The third kappa shape index (κ3) is 3.03. The zero-order valence-corrected chi connectivity index (χ0v) is 12.1. The molecule has 3 aromatic heterocycles. The van der Waals surface area contributed by atoms with Crippen LogP contribution in [0.1, 0.15) is 17.1 Å². The van der Waals surface area contributed by atoms with Crippen molar-refractivity contribution in [3.63, 3.8) is 0 Å². The van der Waals surface area contributed by atoms with Crippen molar-refractivity contribution in [3.8, 4) is 22.8 Å². The van der Waals surface area contributed by atoms with Gasteiger partial charge in [-0.25, -0.2) is 0 Å². The van der Waals surface area contributed by atoms with Crippen molar-refractivity contribution < 1.29 is 17.7 Å². The van der Waals surface area contributed by atoms with Gasteiger partial charge in [0.1, 0.15) is 5.69 Å². The first-order valence-electron chi connectivity index (χ1n) is 6.53. The summed E-state index contributed by atoms with van der Waals surface area (Å²) in [5.41, 5.74) is 3.03. The summed E-state index contributed by atoms with van der Waals surface area (Å²) in [5.74, 6) is -1.56. The first-order valence-corrected chi connectivity index (χ1v) is 6.53. The van der Waals surface area contributed by atoms with Gasteiger partial charge in [0.25, 0.3) is 0 Å². The van der Waals surface area contributed by atoms with E-state index in [1.165, 1.54) is 18.3 Å². The molecule has 0 bridgehead atoms. The first kappa shape index (κ1) is 15.1. The van der Waals surface area contributed by atoms with Crippen LogP contribution in [0, 0.1) is 13.8 Å². The fourth-order valence-electron chi connectivity index (χ4n) is 1.84. The molecule has 0 saturated carbocycles. The molecule has 0 saturated heterocycles. The summed E-state index contributed by atoms with van der Waals surface area (Å²) in [6.45, 7) is 3.71. The average molecular weight is 321 g/mol. The van der Waals surface area contributed by atoms with Crippen LogP contribution in [0.4, 0.5) is 13.2 Å². The Labute approximate surface area is 128 Å². The van der Waals surface area contributed by atoms with Crippen molar-refractivity contribution in [3.05, 3.63) is 41.5 Å². The SMILES string of the molecule is Cc1cc(-c2cc(-c3noc(C(F)(F)F)n3)ccn2)nnc1C. The predicted octanol–water partition coefficient (Wildman–Crippen LogP) is 3.22. The molecule has 0 aliphatic heterocycles. The van der Waals surface area contributed by atoms with E-state index >= 15 is 0 Å². The molecule has 0 aliphatic rings. The van der Waals surface area contributed by atoms with Gasteiger partial charge in [-0.1, -0.05) is 5.16 Å². The van der Waals surface area contributed by atoms with Crippen LogP contribution in [0.15, 0.2) is 28.9 Å². The number of rotatable bonds is 2. The molecule has 0 aliphatic carbocycles. The minimum Gasteiger partial charge on any atom is -0.329 e. The van der Waals surface area contributed by atoms with E-state index in [0.717, 1.165) is 11.3 Å². The largest absolute Gasteiger partial charge is 0.471 e. The molecular weight excluding hydrogens is 311 g/mol. The van der Waals surface area contributed by atoms with E-state index in [2.05, 4.69) is 29.8 Å². The van der Waals surface area contributed by atoms with Gasteiger partial charge < -0.3 is 4.52 Å². The Kier molecular flexibility index (Phi) is 3.55. The smallest absolute Gasteiger partial charge is 0.329 e. The number of alkyl halides is 3. The van der Waals surface area contributed by atoms with Gasteiger partial charge in [-0.2, -0.15) is 23.3 Å². The van der Waals surface area contributed by atoms with Gasteiger partial charge in [-0.15, -0.1) is 5.10 Å². The summed E-state index contributed by atoms with van der Waals surface area (Å²) in [6, 6.07) is 4.82. The minimum atomic E-state index is -4.68. The summed E-state index contributed by atoms with van der Waals surface area (Å²) in [7, 11) is 0. The summed E-state index contributed by atoms with van der Waals surface area (Å²) in [5, 5.41) is 11.4. The maximum atomic E-state index is 12.5. The molecule has 118 valence electrons. The lowest BCUT2D eigenvalue weighted by molar-refractivity contribution is -0.159.